The van der Waals surface area contributed by atoms with E-state index < -0.39 is 0 Å². The van der Waals surface area contributed by atoms with Crippen LogP contribution in [0.25, 0.3) is 11.3 Å². The smallest absolute Gasteiger partial charge is 0.128 e. The van der Waals surface area contributed by atoms with Crippen LogP contribution in [-0.4, -0.2) is 19.2 Å². The Bertz CT molecular complexity index is 554. The number of aromatic nitrogens is 1. The molecule has 0 saturated carbocycles. The lowest BCUT2D eigenvalue weighted by molar-refractivity contribution is 0.401. The Morgan fingerprint density at radius 2 is 1.94 bits per heavy atom. The van der Waals surface area contributed by atoms with Crippen molar-refractivity contribution in [1.29, 1.82) is 0 Å². The third-order valence-corrected chi connectivity index (χ3v) is 4.41. The van der Waals surface area contributed by atoms with Crippen molar-refractivity contribution in [2.75, 3.05) is 14.2 Å². The van der Waals surface area contributed by atoms with E-state index in [-0.39, 0.29) is 0 Å². The summed E-state index contributed by atoms with van der Waals surface area (Å²) in [6.07, 6.45) is 0. The normalized spacial score (nSPS) is 10.4. The van der Waals surface area contributed by atoms with Gasteiger partial charge in [-0.15, -0.1) is 11.3 Å². The number of methoxy groups -OCH3 is 2. The summed E-state index contributed by atoms with van der Waals surface area (Å²) in [6.45, 7) is 2.00. The van der Waals surface area contributed by atoms with E-state index in [1.54, 1.807) is 25.6 Å². The monoisotopic (exact) mass is 327 g/mol. The van der Waals surface area contributed by atoms with Crippen molar-refractivity contribution in [3.05, 3.63) is 28.1 Å². The molecule has 0 atom stereocenters. The van der Waals surface area contributed by atoms with Crippen LogP contribution in [0.15, 0.2) is 17.5 Å². The zero-order valence-electron chi connectivity index (χ0n) is 10.5. The number of halogens is 1. The second-order valence-corrected chi connectivity index (χ2v) is 5.29. The average Bonchev–Trinajstić information content (AvgIpc) is 2.87. The molecule has 5 heteroatoms. The summed E-state index contributed by atoms with van der Waals surface area (Å²) in [5.74, 6) is 1.67. The van der Waals surface area contributed by atoms with Crippen molar-refractivity contribution >= 4 is 27.3 Å². The number of thiazole rings is 1. The number of rotatable bonds is 4. The third kappa shape index (κ3) is 2.52. The van der Waals surface area contributed by atoms with Crippen molar-refractivity contribution in [3.8, 4) is 22.8 Å². The van der Waals surface area contributed by atoms with Crippen molar-refractivity contribution in [3.63, 3.8) is 0 Å². The minimum atomic E-state index is 0.767. The first kappa shape index (κ1) is 13.4. The zero-order valence-corrected chi connectivity index (χ0v) is 12.9. The molecule has 0 aliphatic carbocycles. The van der Waals surface area contributed by atoms with Crippen LogP contribution < -0.4 is 9.47 Å². The first-order valence-electron chi connectivity index (χ1n) is 5.43. The van der Waals surface area contributed by atoms with Crippen LogP contribution in [0.4, 0.5) is 0 Å². The molecule has 18 heavy (non-hydrogen) atoms. The first-order valence-corrected chi connectivity index (χ1v) is 7.43. The molecule has 0 radical (unpaired) electrons. The molecule has 0 saturated heterocycles. The maximum absolute atomic E-state index is 5.42. The predicted molar refractivity (Wildman–Crippen MR) is 78.0 cm³/mol. The van der Waals surface area contributed by atoms with Gasteiger partial charge in [-0.25, -0.2) is 4.98 Å². The Balaban J connectivity index is 2.54. The molecule has 96 valence electrons. The molecular formula is C13H14BrNO2S. The van der Waals surface area contributed by atoms with Gasteiger partial charge in [0, 0.05) is 10.9 Å². The van der Waals surface area contributed by atoms with Crippen LogP contribution >= 0.6 is 27.3 Å². The third-order valence-electron chi connectivity index (χ3n) is 2.66. The quantitative estimate of drug-likeness (QED) is 0.794. The lowest BCUT2D eigenvalue weighted by Gasteiger charge is -2.11. The molecule has 0 fully saturated rings. The fourth-order valence-corrected chi connectivity index (χ4v) is 2.91. The van der Waals surface area contributed by atoms with E-state index in [1.807, 2.05) is 24.4 Å². The van der Waals surface area contributed by atoms with E-state index in [2.05, 4.69) is 20.9 Å². The summed E-state index contributed by atoms with van der Waals surface area (Å²) in [5, 5.41) is 3.85. The highest BCUT2D eigenvalue weighted by Gasteiger charge is 2.13. The number of aryl methyl sites for hydroxylation is 1. The van der Waals surface area contributed by atoms with E-state index in [0.29, 0.717) is 0 Å². The molecule has 0 amide bonds. The Morgan fingerprint density at radius 1 is 1.22 bits per heavy atom. The van der Waals surface area contributed by atoms with Gasteiger partial charge >= 0.3 is 0 Å². The number of nitrogens with zero attached hydrogens (tertiary/aromatic N) is 1. The van der Waals surface area contributed by atoms with Crippen molar-refractivity contribution in [2.45, 2.75) is 12.3 Å². The molecule has 1 heterocycles. The second kappa shape index (κ2) is 5.71. The van der Waals surface area contributed by atoms with Crippen molar-refractivity contribution < 1.29 is 9.47 Å². The van der Waals surface area contributed by atoms with Gasteiger partial charge in [-0.05, 0) is 24.6 Å². The molecule has 0 N–H and O–H groups in total. The zero-order chi connectivity index (χ0) is 13.1. The van der Waals surface area contributed by atoms with Gasteiger partial charge in [-0.3, -0.25) is 0 Å². The van der Waals surface area contributed by atoms with Crippen molar-refractivity contribution in [2.24, 2.45) is 0 Å². The molecule has 2 rings (SSSR count). The minimum absolute atomic E-state index is 0.767. The van der Waals surface area contributed by atoms with E-state index in [0.717, 1.165) is 38.7 Å². The summed E-state index contributed by atoms with van der Waals surface area (Å²) < 4.78 is 10.8. The predicted octanol–water partition coefficient (Wildman–Crippen LogP) is 4.03. The van der Waals surface area contributed by atoms with Gasteiger partial charge in [0.1, 0.15) is 16.5 Å². The second-order valence-electron chi connectivity index (χ2n) is 3.78. The molecule has 2 aromatic rings. The van der Waals surface area contributed by atoms with Gasteiger partial charge < -0.3 is 9.47 Å². The molecule has 1 aromatic heterocycles. The maximum atomic E-state index is 5.42. The lowest BCUT2D eigenvalue weighted by atomic mass is 10.1. The van der Waals surface area contributed by atoms with Gasteiger partial charge in [0.15, 0.2) is 0 Å². The van der Waals surface area contributed by atoms with Crippen LogP contribution in [0.2, 0.25) is 0 Å². The Labute approximate surface area is 119 Å². The van der Waals surface area contributed by atoms with Crippen LogP contribution in [0.1, 0.15) is 10.6 Å². The van der Waals surface area contributed by atoms with E-state index in [9.17, 15) is 0 Å². The molecule has 1 aromatic carbocycles. The van der Waals surface area contributed by atoms with Gasteiger partial charge in [0.2, 0.25) is 0 Å². The van der Waals surface area contributed by atoms with E-state index in [1.165, 1.54) is 0 Å². The standard InChI is InChI=1S/C13H14BrNO2S/c1-8-4-12(17-3)9(5-11(8)16-2)10-7-18-13(6-14)15-10/h4-5,7H,6H2,1-3H3. The molecule has 0 aliphatic heterocycles. The van der Waals surface area contributed by atoms with Gasteiger partial charge in [-0.1, -0.05) is 15.9 Å². The molecule has 0 bridgehead atoms. The summed E-state index contributed by atoms with van der Waals surface area (Å²) in [4.78, 5) is 4.55. The topological polar surface area (TPSA) is 31.4 Å². The maximum Gasteiger partial charge on any atom is 0.128 e. The Hall–Kier alpha value is -1.07. The fourth-order valence-electron chi connectivity index (χ4n) is 1.75. The Morgan fingerprint density at radius 3 is 2.50 bits per heavy atom. The molecule has 3 nitrogen and oxygen atoms in total. The SMILES string of the molecule is COc1cc(-c2csc(CBr)n2)c(OC)cc1C. The molecular weight excluding hydrogens is 314 g/mol. The highest BCUT2D eigenvalue weighted by molar-refractivity contribution is 9.08. The van der Waals surface area contributed by atoms with E-state index >= 15 is 0 Å². The average molecular weight is 328 g/mol. The summed E-state index contributed by atoms with van der Waals surface area (Å²) in [6, 6.07) is 3.95. The number of hydrogen-bond acceptors (Lipinski definition) is 4. The highest BCUT2D eigenvalue weighted by atomic mass is 79.9. The van der Waals surface area contributed by atoms with E-state index in [4.69, 9.17) is 9.47 Å². The molecule has 0 aliphatic rings. The van der Waals surface area contributed by atoms with Crippen molar-refractivity contribution in [1.82, 2.24) is 4.98 Å². The highest BCUT2D eigenvalue weighted by Crippen LogP contribution is 2.36. The largest absolute Gasteiger partial charge is 0.496 e. The number of ether oxygens (including phenoxy) is 2. The summed E-state index contributed by atoms with van der Waals surface area (Å²) in [5.41, 5.74) is 2.93. The molecule has 0 unspecified atom stereocenters. The van der Waals surface area contributed by atoms with Gasteiger partial charge in [0.05, 0.1) is 25.2 Å². The van der Waals surface area contributed by atoms with Crippen LogP contribution in [0, 0.1) is 6.92 Å². The summed E-state index contributed by atoms with van der Waals surface area (Å²) in [7, 11) is 3.34. The van der Waals surface area contributed by atoms with Gasteiger partial charge in [0.25, 0.3) is 0 Å². The number of alkyl halides is 1. The Kier molecular flexibility index (Phi) is 4.24. The molecule has 0 spiro atoms. The van der Waals surface area contributed by atoms with Crippen LogP contribution in [0.5, 0.6) is 11.5 Å². The summed E-state index contributed by atoms with van der Waals surface area (Å²) >= 11 is 5.04. The fraction of sp³-hybridized carbons (Fsp3) is 0.308. The lowest BCUT2D eigenvalue weighted by Crippen LogP contribution is -1.93. The van der Waals surface area contributed by atoms with Gasteiger partial charge in [-0.2, -0.15) is 0 Å². The first-order chi connectivity index (χ1) is 8.69. The number of benzene rings is 1. The van der Waals surface area contributed by atoms with Crippen LogP contribution in [0.3, 0.4) is 0 Å². The number of hydrogen-bond donors (Lipinski definition) is 0. The van der Waals surface area contributed by atoms with Crippen LogP contribution in [-0.2, 0) is 5.33 Å². The minimum Gasteiger partial charge on any atom is -0.496 e.